The topological polar surface area (TPSA) is 49.2 Å². The molecular formula is C10H15N3O. The van der Waals surface area contributed by atoms with Gasteiger partial charge in [-0.2, -0.15) is 0 Å². The van der Waals surface area contributed by atoms with Gasteiger partial charge in [0.25, 0.3) is 0 Å². The van der Waals surface area contributed by atoms with Gasteiger partial charge >= 0.3 is 0 Å². The van der Waals surface area contributed by atoms with E-state index in [4.69, 9.17) is 0 Å². The zero-order chi connectivity index (χ0) is 9.97. The lowest BCUT2D eigenvalue weighted by Crippen LogP contribution is -2.36. The van der Waals surface area contributed by atoms with Crippen molar-refractivity contribution in [2.75, 3.05) is 18.0 Å². The summed E-state index contributed by atoms with van der Waals surface area (Å²) in [4.78, 5) is 10.6. The van der Waals surface area contributed by atoms with Gasteiger partial charge in [-0.3, -0.25) is 0 Å². The van der Waals surface area contributed by atoms with E-state index < -0.39 is 0 Å². The maximum absolute atomic E-state index is 9.37. The summed E-state index contributed by atoms with van der Waals surface area (Å²) in [7, 11) is 0. The van der Waals surface area contributed by atoms with Crippen LogP contribution >= 0.6 is 0 Å². The number of rotatable bonds is 1. The summed E-state index contributed by atoms with van der Waals surface area (Å²) in [6, 6.07) is 1.92. The maximum Gasteiger partial charge on any atom is 0.132 e. The normalized spacial score (nSPS) is 18.6. The molecule has 76 valence electrons. The number of aliphatic hydroxyl groups excluding tert-OH is 1. The van der Waals surface area contributed by atoms with Crippen molar-refractivity contribution in [2.24, 2.45) is 0 Å². The highest BCUT2D eigenvalue weighted by atomic mass is 16.3. The molecule has 0 unspecified atom stereocenters. The number of aromatic nitrogens is 2. The predicted octanol–water partition coefficient (Wildman–Crippen LogP) is 0.746. The van der Waals surface area contributed by atoms with Crippen LogP contribution in [0.1, 0.15) is 18.7 Å². The first-order chi connectivity index (χ1) is 6.75. The van der Waals surface area contributed by atoms with Crippen molar-refractivity contribution in [1.82, 2.24) is 9.97 Å². The van der Waals surface area contributed by atoms with Crippen LogP contribution in [0.3, 0.4) is 0 Å². The Morgan fingerprint density at radius 2 is 2.14 bits per heavy atom. The van der Waals surface area contributed by atoms with Crippen molar-refractivity contribution in [1.29, 1.82) is 0 Å². The van der Waals surface area contributed by atoms with Crippen LogP contribution in [0.4, 0.5) is 5.82 Å². The number of anilines is 1. The Hall–Kier alpha value is -1.16. The van der Waals surface area contributed by atoms with Crippen LogP contribution in [0.25, 0.3) is 0 Å². The molecule has 1 aromatic rings. The second-order valence-electron chi connectivity index (χ2n) is 3.68. The highest BCUT2D eigenvalue weighted by Gasteiger charge is 2.17. The summed E-state index contributed by atoms with van der Waals surface area (Å²) in [6.45, 7) is 3.66. The average molecular weight is 193 g/mol. The molecule has 4 heteroatoms. The van der Waals surface area contributed by atoms with Crippen LogP contribution in [0, 0.1) is 6.92 Å². The van der Waals surface area contributed by atoms with Crippen LogP contribution in [0.2, 0.25) is 0 Å². The number of aliphatic hydroxyl groups is 1. The van der Waals surface area contributed by atoms with Crippen molar-refractivity contribution in [2.45, 2.75) is 25.9 Å². The largest absolute Gasteiger partial charge is 0.393 e. The van der Waals surface area contributed by atoms with E-state index in [1.165, 1.54) is 0 Å². The molecule has 1 N–H and O–H groups in total. The Balaban J connectivity index is 2.08. The first-order valence-electron chi connectivity index (χ1n) is 4.98. The molecule has 1 fully saturated rings. The summed E-state index contributed by atoms with van der Waals surface area (Å²) < 4.78 is 0. The standard InChI is InChI=1S/C10H15N3O/c1-8-11-5-2-10(12-8)13-6-3-9(14)4-7-13/h2,5,9,14H,3-4,6-7H2,1H3. The number of nitrogens with zero attached hydrogens (tertiary/aromatic N) is 3. The van der Waals surface area contributed by atoms with Crippen LogP contribution in [-0.2, 0) is 0 Å². The van der Waals surface area contributed by atoms with Gasteiger partial charge in [-0.25, -0.2) is 9.97 Å². The molecule has 4 nitrogen and oxygen atoms in total. The van der Waals surface area contributed by atoms with Crippen LogP contribution in [-0.4, -0.2) is 34.3 Å². The lowest BCUT2D eigenvalue weighted by Gasteiger charge is -2.30. The van der Waals surface area contributed by atoms with E-state index in [9.17, 15) is 5.11 Å². The Morgan fingerprint density at radius 1 is 1.43 bits per heavy atom. The number of aryl methyl sites for hydroxylation is 1. The molecule has 0 amide bonds. The predicted molar refractivity (Wildman–Crippen MR) is 54.2 cm³/mol. The summed E-state index contributed by atoms with van der Waals surface area (Å²) in [5, 5.41) is 9.37. The Kier molecular flexibility index (Phi) is 2.63. The molecule has 14 heavy (non-hydrogen) atoms. The molecule has 1 saturated heterocycles. The van der Waals surface area contributed by atoms with Gasteiger partial charge in [0, 0.05) is 19.3 Å². The minimum Gasteiger partial charge on any atom is -0.393 e. The second kappa shape index (κ2) is 3.92. The third-order valence-electron chi connectivity index (χ3n) is 2.55. The second-order valence-corrected chi connectivity index (χ2v) is 3.68. The quantitative estimate of drug-likeness (QED) is 0.715. The van der Waals surface area contributed by atoms with Gasteiger partial charge < -0.3 is 10.0 Å². The van der Waals surface area contributed by atoms with Crippen molar-refractivity contribution in [3.05, 3.63) is 18.1 Å². The van der Waals surface area contributed by atoms with Crippen LogP contribution < -0.4 is 4.90 Å². The third kappa shape index (κ3) is 2.01. The molecule has 0 bridgehead atoms. The van der Waals surface area contributed by atoms with E-state index in [0.717, 1.165) is 37.6 Å². The molecule has 0 aromatic carbocycles. The van der Waals surface area contributed by atoms with Crippen molar-refractivity contribution in [3.63, 3.8) is 0 Å². The monoisotopic (exact) mass is 193 g/mol. The Labute approximate surface area is 83.6 Å². The molecule has 2 rings (SSSR count). The minimum atomic E-state index is -0.130. The fourth-order valence-corrected chi connectivity index (χ4v) is 1.71. The summed E-state index contributed by atoms with van der Waals surface area (Å²) in [6.07, 6.45) is 3.32. The van der Waals surface area contributed by atoms with Crippen LogP contribution in [0.15, 0.2) is 12.3 Å². The van der Waals surface area contributed by atoms with E-state index in [2.05, 4.69) is 14.9 Å². The maximum atomic E-state index is 9.37. The fraction of sp³-hybridized carbons (Fsp3) is 0.600. The molecule has 1 aromatic heterocycles. The first-order valence-corrected chi connectivity index (χ1v) is 4.98. The molecule has 1 aliphatic heterocycles. The van der Waals surface area contributed by atoms with E-state index in [0.29, 0.717) is 0 Å². The number of hydrogen-bond donors (Lipinski definition) is 1. The first kappa shape index (κ1) is 9.40. The highest BCUT2D eigenvalue weighted by Crippen LogP contribution is 2.16. The molecule has 0 spiro atoms. The van der Waals surface area contributed by atoms with Gasteiger partial charge in [-0.05, 0) is 25.8 Å². The van der Waals surface area contributed by atoms with E-state index in [-0.39, 0.29) is 6.10 Å². The van der Waals surface area contributed by atoms with E-state index in [1.807, 2.05) is 13.0 Å². The molecule has 0 atom stereocenters. The minimum absolute atomic E-state index is 0.130. The molecule has 0 aliphatic carbocycles. The Morgan fingerprint density at radius 3 is 2.79 bits per heavy atom. The third-order valence-corrected chi connectivity index (χ3v) is 2.55. The molecular weight excluding hydrogens is 178 g/mol. The highest BCUT2D eigenvalue weighted by molar-refractivity contribution is 5.37. The molecule has 1 aliphatic rings. The summed E-state index contributed by atoms with van der Waals surface area (Å²) in [5.74, 6) is 1.78. The Bertz CT molecular complexity index is 308. The zero-order valence-electron chi connectivity index (χ0n) is 8.35. The number of hydrogen-bond acceptors (Lipinski definition) is 4. The van der Waals surface area contributed by atoms with Crippen LogP contribution in [0.5, 0.6) is 0 Å². The smallest absolute Gasteiger partial charge is 0.132 e. The van der Waals surface area contributed by atoms with E-state index >= 15 is 0 Å². The SMILES string of the molecule is Cc1nccc(N2CCC(O)CC2)n1. The average Bonchev–Trinajstić information content (AvgIpc) is 2.19. The van der Waals surface area contributed by atoms with Gasteiger partial charge in [0.15, 0.2) is 0 Å². The fourth-order valence-electron chi connectivity index (χ4n) is 1.71. The van der Waals surface area contributed by atoms with Crippen molar-refractivity contribution < 1.29 is 5.11 Å². The van der Waals surface area contributed by atoms with Gasteiger partial charge in [0.1, 0.15) is 11.6 Å². The van der Waals surface area contributed by atoms with Gasteiger partial charge in [-0.1, -0.05) is 0 Å². The zero-order valence-corrected chi connectivity index (χ0v) is 8.35. The lowest BCUT2D eigenvalue weighted by molar-refractivity contribution is 0.145. The molecule has 0 saturated carbocycles. The molecule has 0 radical (unpaired) electrons. The van der Waals surface area contributed by atoms with Crippen molar-refractivity contribution >= 4 is 5.82 Å². The van der Waals surface area contributed by atoms with Gasteiger partial charge in [0.2, 0.25) is 0 Å². The number of piperidine rings is 1. The molecule has 2 heterocycles. The van der Waals surface area contributed by atoms with Crippen molar-refractivity contribution in [3.8, 4) is 0 Å². The summed E-state index contributed by atoms with van der Waals surface area (Å²) >= 11 is 0. The van der Waals surface area contributed by atoms with E-state index in [1.54, 1.807) is 6.20 Å². The summed E-state index contributed by atoms with van der Waals surface area (Å²) in [5.41, 5.74) is 0. The van der Waals surface area contributed by atoms with Gasteiger partial charge in [-0.15, -0.1) is 0 Å². The van der Waals surface area contributed by atoms with Gasteiger partial charge in [0.05, 0.1) is 6.10 Å². The lowest BCUT2D eigenvalue weighted by atomic mass is 10.1.